The van der Waals surface area contributed by atoms with Crippen molar-refractivity contribution in [3.8, 4) is 22.6 Å². The van der Waals surface area contributed by atoms with E-state index in [1.807, 2.05) is 36.7 Å². The maximum Gasteiger partial charge on any atom is 0.178 e. The quantitative estimate of drug-likeness (QED) is 0.326. The van der Waals surface area contributed by atoms with Gasteiger partial charge in [-0.25, -0.2) is 14.4 Å². The molecule has 5 rings (SSSR count). The average molecular weight is 508 g/mol. The highest BCUT2D eigenvalue weighted by Crippen LogP contribution is 2.27. The van der Waals surface area contributed by atoms with E-state index >= 15 is 0 Å². The Labute approximate surface area is 220 Å². The predicted octanol–water partition coefficient (Wildman–Crippen LogP) is 4.34. The minimum Gasteiger partial charge on any atom is -0.335 e. The third-order valence-electron chi connectivity index (χ3n) is 6.47. The number of aromatic amines is 2. The Balaban J connectivity index is 1.42. The van der Waals surface area contributed by atoms with Crippen molar-refractivity contribution in [2.75, 3.05) is 20.6 Å². The van der Waals surface area contributed by atoms with Crippen LogP contribution in [0.15, 0.2) is 61.1 Å². The fourth-order valence-corrected chi connectivity index (χ4v) is 4.38. The first-order chi connectivity index (χ1) is 18.4. The molecule has 0 aliphatic heterocycles. The van der Waals surface area contributed by atoms with Gasteiger partial charge in [0.25, 0.3) is 0 Å². The number of aromatic nitrogens is 6. The number of rotatable bonds is 8. The van der Waals surface area contributed by atoms with Crippen molar-refractivity contribution in [2.45, 2.75) is 19.8 Å². The first kappa shape index (κ1) is 25.2. The third-order valence-corrected chi connectivity index (χ3v) is 6.47. The number of allylic oxidation sites excluding steroid dienone is 2. The molecule has 38 heavy (non-hydrogen) atoms. The zero-order valence-corrected chi connectivity index (χ0v) is 21.8. The normalized spacial score (nSPS) is 12.7. The highest BCUT2D eigenvalue weighted by Gasteiger charge is 2.14. The summed E-state index contributed by atoms with van der Waals surface area (Å²) in [4.78, 5) is 19.0. The maximum absolute atomic E-state index is 13.8. The number of nitrogens with zero attached hydrogens (tertiary/aromatic N) is 5. The number of halogens is 1. The number of hydrogen-bond donors (Lipinski definition) is 2. The summed E-state index contributed by atoms with van der Waals surface area (Å²) in [5.41, 5.74) is 6.83. The number of nitrogens with one attached hydrogen (secondary N) is 2. The average Bonchev–Trinajstić information content (AvgIpc) is 3.50. The molecule has 0 saturated carbocycles. The fraction of sp³-hybridized carbons (Fsp3) is 0.200. The van der Waals surface area contributed by atoms with Crippen LogP contribution < -0.4 is 10.6 Å². The standard InChI is InChI=1S/C30H30FN7/c1-19(23-15-21(17-32-18-23)7-6-14-38(3)4)10-11-26-20(2)27(37-36-26)30-34-28-25(12-13-33-29(28)35-30)22-8-5-9-24(31)16-22/h5,8-13,15-18,36H,2,6-7,14H2,1,3-4H3,(H,33,34,35)/b19-10+,26-11+. The van der Waals surface area contributed by atoms with Gasteiger partial charge in [-0.15, -0.1) is 0 Å². The molecule has 0 unspecified atom stereocenters. The van der Waals surface area contributed by atoms with Gasteiger partial charge in [0.2, 0.25) is 0 Å². The van der Waals surface area contributed by atoms with Gasteiger partial charge in [0.1, 0.15) is 11.5 Å². The molecule has 0 fully saturated rings. The Bertz CT molecular complexity index is 1730. The molecule has 0 bridgehead atoms. The maximum atomic E-state index is 13.8. The van der Waals surface area contributed by atoms with Crippen molar-refractivity contribution in [3.05, 3.63) is 88.6 Å². The molecule has 1 aromatic carbocycles. The number of benzene rings is 1. The zero-order valence-electron chi connectivity index (χ0n) is 21.8. The van der Waals surface area contributed by atoms with Crippen molar-refractivity contribution >= 4 is 29.4 Å². The second kappa shape index (κ2) is 10.9. The van der Waals surface area contributed by atoms with E-state index in [0.717, 1.165) is 57.7 Å². The molecule has 2 N–H and O–H groups in total. The van der Waals surface area contributed by atoms with Gasteiger partial charge in [-0.3, -0.25) is 10.1 Å². The number of pyridine rings is 2. The number of hydrogen-bond acceptors (Lipinski definition) is 5. The van der Waals surface area contributed by atoms with Crippen LogP contribution in [-0.2, 0) is 6.42 Å². The summed E-state index contributed by atoms with van der Waals surface area (Å²) in [7, 11) is 4.18. The van der Waals surface area contributed by atoms with Crippen LogP contribution in [0.4, 0.5) is 4.39 Å². The van der Waals surface area contributed by atoms with Crippen LogP contribution in [-0.4, -0.2) is 55.7 Å². The smallest absolute Gasteiger partial charge is 0.178 e. The molecule has 0 aliphatic carbocycles. The van der Waals surface area contributed by atoms with E-state index in [9.17, 15) is 4.39 Å². The van der Waals surface area contributed by atoms with Crippen molar-refractivity contribution in [2.24, 2.45) is 0 Å². The number of imidazole rings is 1. The van der Waals surface area contributed by atoms with Crippen molar-refractivity contribution in [3.63, 3.8) is 0 Å². The molecule has 0 radical (unpaired) electrons. The van der Waals surface area contributed by atoms with E-state index in [4.69, 9.17) is 0 Å². The molecule has 0 atom stereocenters. The van der Waals surface area contributed by atoms with E-state index in [2.05, 4.69) is 68.7 Å². The molecule has 192 valence electrons. The molecule has 8 heteroatoms. The molecule has 0 amide bonds. The Morgan fingerprint density at radius 2 is 2.03 bits per heavy atom. The summed E-state index contributed by atoms with van der Waals surface area (Å²) in [6.07, 6.45) is 11.6. The monoisotopic (exact) mass is 507 g/mol. The van der Waals surface area contributed by atoms with Crippen LogP contribution >= 0.6 is 0 Å². The first-order valence-corrected chi connectivity index (χ1v) is 12.5. The summed E-state index contributed by atoms with van der Waals surface area (Å²) in [5.74, 6) is 0.252. The first-order valence-electron chi connectivity index (χ1n) is 12.5. The third kappa shape index (κ3) is 5.45. The van der Waals surface area contributed by atoms with Crippen LogP contribution in [0, 0.1) is 5.82 Å². The van der Waals surface area contributed by atoms with Crippen molar-refractivity contribution in [1.29, 1.82) is 0 Å². The summed E-state index contributed by atoms with van der Waals surface area (Å²) in [6.45, 7) is 7.35. The van der Waals surface area contributed by atoms with Gasteiger partial charge in [-0.1, -0.05) is 24.8 Å². The molecule has 4 heterocycles. The van der Waals surface area contributed by atoms with E-state index < -0.39 is 0 Å². The van der Waals surface area contributed by atoms with Crippen LogP contribution in [0.3, 0.4) is 0 Å². The van der Waals surface area contributed by atoms with Crippen LogP contribution in [0.1, 0.15) is 24.5 Å². The minimum absolute atomic E-state index is 0.296. The number of fused-ring (bicyclic) bond motifs is 1. The highest BCUT2D eigenvalue weighted by atomic mass is 19.1. The zero-order chi connectivity index (χ0) is 26.6. The van der Waals surface area contributed by atoms with Crippen molar-refractivity contribution in [1.82, 2.24) is 35.0 Å². The Kier molecular flexibility index (Phi) is 7.24. The summed E-state index contributed by atoms with van der Waals surface area (Å²) in [6, 6.07) is 10.5. The lowest BCUT2D eigenvalue weighted by Gasteiger charge is -2.09. The molecule has 0 saturated heterocycles. The second-order valence-corrected chi connectivity index (χ2v) is 9.62. The van der Waals surface area contributed by atoms with E-state index in [1.165, 1.54) is 17.7 Å². The van der Waals surface area contributed by atoms with Gasteiger partial charge in [0.15, 0.2) is 11.5 Å². The lowest BCUT2D eigenvalue weighted by Crippen LogP contribution is -2.21. The molecule has 7 nitrogen and oxygen atoms in total. The lowest BCUT2D eigenvalue weighted by atomic mass is 10.0. The van der Waals surface area contributed by atoms with Gasteiger partial charge >= 0.3 is 0 Å². The minimum atomic E-state index is -0.296. The fourth-order valence-electron chi connectivity index (χ4n) is 4.38. The Morgan fingerprint density at radius 1 is 1.16 bits per heavy atom. The predicted molar refractivity (Wildman–Crippen MR) is 151 cm³/mol. The Hall–Kier alpha value is -4.43. The Morgan fingerprint density at radius 3 is 2.84 bits per heavy atom. The highest BCUT2D eigenvalue weighted by molar-refractivity contribution is 5.91. The molecule has 5 aromatic rings. The van der Waals surface area contributed by atoms with Crippen LogP contribution in [0.2, 0.25) is 0 Å². The summed E-state index contributed by atoms with van der Waals surface area (Å²) in [5, 5.41) is 9.03. The lowest BCUT2D eigenvalue weighted by molar-refractivity contribution is 0.400. The summed E-state index contributed by atoms with van der Waals surface area (Å²) < 4.78 is 13.8. The molecular weight excluding hydrogens is 477 g/mol. The second-order valence-electron chi connectivity index (χ2n) is 9.62. The van der Waals surface area contributed by atoms with Crippen LogP contribution in [0.5, 0.6) is 0 Å². The molecule has 4 aromatic heterocycles. The van der Waals surface area contributed by atoms with Crippen molar-refractivity contribution < 1.29 is 4.39 Å². The van der Waals surface area contributed by atoms with E-state index in [0.29, 0.717) is 17.2 Å². The SMILES string of the molecule is C=c1c(-c2nc3nccc(-c4cccc(F)c4)c3[nH]2)n[nH]/c1=C/C=C(\C)c1cncc(CCCN(C)C)c1. The van der Waals surface area contributed by atoms with Gasteiger partial charge in [-0.05, 0) is 93.0 Å². The largest absolute Gasteiger partial charge is 0.335 e. The van der Waals surface area contributed by atoms with Gasteiger partial charge in [-0.2, -0.15) is 5.10 Å². The van der Waals surface area contributed by atoms with E-state index in [1.54, 1.807) is 12.3 Å². The van der Waals surface area contributed by atoms with Gasteiger partial charge in [0.05, 0.1) is 10.9 Å². The molecular formula is C30H30FN7. The topological polar surface area (TPSA) is 86.4 Å². The number of H-pyrrole nitrogens is 2. The number of aryl methyl sites for hydroxylation is 1. The molecule has 0 spiro atoms. The molecule has 0 aliphatic rings. The summed E-state index contributed by atoms with van der Waals surface area (Å²) >= 11 is 0. The van der Waals surface area contributed by atoms with Gasteiger partial charge < -0.3 is 9.88 Å². The van der Waals surface area contributed by atoms with Crippen LogP contribution in [0.25, 0.3) is 52.0 Å². The van der Waals surface area contributed by atoms with Gasteiger partial charge in [0, 0.05) is 29.4 Å². The van der Waals surface area contributed by atoms with E-state index in [-0.39, 0.29) is 5.82 Å².